The summed E-state index contributed by atoms with van der Waals surface area (Å²) in [6, 6.07) is 16.3. The van der Waals surface area contributed by atoms with Crippen LogP contribution in [0.2, 0.25) is 0 Å². The molecule has 0 spiro atoms. The van der Waals surface area contributed by atoms with Gasteiger partial charge in [0, 0.05) is 49.0 Å². The van der Waals surface area contributed by atoms with E-state index in [1.807, 2.05) is 35.0 Å². The van der Waals surface area contributed by atoms with Crippen molar-refractivity contribution in [3.05, 3.63) is 75.8 Å². The Morgan fingerprint density at radius 1 is 1.00 bits per heavy atom. The van der Waals surface area contributed by atoms with E-state index in [1.54, 1.807) is 7.11 Å². The molecule has 0 amide bonds. The Morgan fingerprint density at radius 2 is 1.82 bits per heavy atom. The van der Waals surface area contributed by atoms with E-state index in [0.29, 0.717) is 5.56 Å². The highest BCUT2D eigenvalue weighted by Gasteiger charge is 2.34. The zero-order chi connectivity index (χ0) is 26.1. The molecule has 4 aromatic rings. The van der Waals surface area contributed by atoms with Crippen LogP contribution in [-0.4, -0.2) is 63.4 Å². The molecule has 9 heteroatoms. The quantitative estimate of drug-likeness (QED) is 0.412. The number of rotatable bonds is 6. The molecule has 2 fully saturated rings. The molecule has 1 N–H and O–H groups in total. The zero-order valence-corrected chi connectivity index (χ0v) is 22.1. The van der Waals surface area contributed by atoms with Gasteiger partial charge < -0.3 is 14.6 Å². The second kappa shape index (κ2) is 10.6. The Morgan fingerprint density at radius 3 is 2.61 bits per heavy atom. The number of methoxy groups -OCH3 is 1. The van der Waals surface area contributed by atoms with Gasteiger partial charge in [0.05, 0.1) is 13.2 Å². The number of hydrogen-bond donors (Lipinski definition) is 1. The average Bonchev–Trinajstić information content (AvgIpc) is 3.44. The van der Waals surface area contributed by atoms with Gasteiger partial charge in [0.1, 0.15) is 11.8 Å². The number of H-pyrrole nitrogens is 1. The van der Waals surface area contributed by atoms with Crippen LogP contribution in [-0.2, 0) is 0 Å². The van der Waals surface area contributed by atoms with Gasteiger partial charge in [-0.05, 0) is 65.9 Å². The maximum atomic E-state index is 13.6. The third kappa shape index (κ3) is 4.78. The van der Waals surface area contributed by atoms with Crippen molar-refractivity contribution in [1.82, 2.24) is 30.1 Å². The van der Waals surface area contributed by atoms with Crippen molar-refractivity contribution in [3.8, 4) is 5.75 Å². The van der Waals surface area contributed by atoms with Crippen LogP contribution in [0.1, 0.15) is 61.1 Å². The average molecular weight is 514 g/mol. The number of piperazine rings is 1. The number of nitrogens with zero attached hydrogens (tertiary/aromatic N) is 6. The minimum Gasteiger partial charge on any atom is -0.497 e. The molecule has 0 unspecified atom stereocenters. The van der Waals surface area contributed by atoms with Crippen molar-refractivity contribution in [1.29, 1.82) is 0 Å². The van der Waals surface area contributed by atoms with Crippen LogP contribution in [0.25, 0.3) is 10.9 Å². The number of tetrazole rings is 1. The number of aryl methyl sites for hydroxylation is 1. The molecule has 2 aromatic heterocycles. The van der Waals surface area contributed by atoms with Gasteiger partial charge in [-0.1, -0.05) is 37.0 Å². The van der Waals surface area contributed by atoms with Crippen LogP contribution in [0.15, 0.2) is 53.3 Å². The van der Waals surface area contributed by atoms with Gasteiger partial charge in [0.15, 0.2) is 5.82 Å². The first-order valence-corrected chi connectivity index (χ1v) is 13.6. The normalized spacial score (nSPS) is 18.1. The SMILES string of the molecule is COc1cccc(N2CCN([C@@H](c3cc4cc(C)ccc4[nH]c3=O)c3nnnn3C3CCCCC3)CC2)c1. The van der Waals surface area contributed by atoms with E-state index < -0.39 is 0 Å². The second-order valence-corrected chi connectivity index (χ2v) is 10.5. The molecular weight excluding hydrogens is 478 g/mol. The minimum atomic E-state index is -0.326. The molecule has 38 heavy (non-hydrogen) atoms. The fourth-order valence-corrected chi connectivity index (χ4v) is 6.06. The largest absolute Gasteiger partial charge is 0.497 e. The first-order valence-electron chi connectivity index (χ1n) is 13.6. The van der Waals surface area contributed by atoms with Crippen molar-refractivity contribution >= 4 is 16.6 Å². The fourth-order valence-electron chi connectivity index (χ4n) is 6.06. The molecule has 198 valence electrons. The number of aromatic nitrogens is 5. The summed E-state index contributed by atoms with van der Waals surface area (Å²) in [5.74, 6) is 1.62. The summed E-state index contributed by atoms with van der Waals surface area (Å²) in [5, 5.41) is 14.2. The van der Waals surface area contributed by atoms with E-state index in [2.05, 4.69) is 55.4 Å². The molecule has 1 atom stereocenters. The van der Waals surface area contributed by atoms with Crippen LogP contribution in [0, 0.1) is 6.92 Å². The molecule has 1 aliphatic carbocycles. The number of nitrogens with one attached hydrogen (secondary N) is 1. The molecule has 6 rings (SSSR count). The van der Waals surface area contributed by atoms with Crippen molar-refractivity contribution in [3.63, 3.8) is 0 Å². The summed E-state index contributed by atoms with van der Waals surface area (Å²) in [6.45, 7) is 5.30. The highest BCUT2D eigenvalue weighted by molar-refractivity contribution is 5.79. The maximum Gasteiger partial charge on any atom is 0.253 e. The molecule has 1 saturated heterocycles. The number of anilines is 1. The van der Waals surface area contributed by atoms with Crippen LogP contribution >= 0.6 is 0 Å². The van der Waals surface area contributed by atoms with Crippen molar-refractivity contribution in [2.75, 3.05) is 38.2 Å². The summed E-state index contributed by atoms with van der Waals surface area (Å²) >= 11 is 0. The Hall–Kier alpha value is -3.72. The molecule has 1 aliphatic heterocycles. The molecular formula is C29H35N7O2. The maximum absolute atomic E-state index is 13.6. The van der Waals surface area contributed by atoms with Crippen molar-refractivity contribution < 1.29 is 4.74 Å². The minimum absolute atomic E-state index is 0.0835. The smallest absolute Gasteiger partial charge is 0.253 e. The summed E-state index contributed by atoms with van der Waals surface area (Å²) in [5.41, 5.74) is 3.76. The van der Waals surface area contributed by atoms with E-state index in [9.17, 15) is 4.79 Å². The molecule has 9 nitrogen and oxygen atoms in total. The van der Waals surface area contributed by atoms with Crippen LogP contribution < -0.4 is 15.2 Å². The Labute approximate surface area is 222 Å². The lowest BCUT2D eigenvalue weighted by Crippen LogP contribution is -2.49. The van der Waals surface area contributed by atoms with Gasteiger partial charge >= 0.3 is 0 Å². The van der Waals surface area contributed by atoms with E-state index in [0.717, 1.165) is 72.7 Å². The standard InChI is InChI=1S/C29H35N7O2/c1-20-11-12-26-21(17-20)18-25(29(37)30-26)27(28-31-32-33-36(28)22-7-4-3-5-8-22)35-15-13-34(14-16-35)23-9-6-10-24(19-23)38-2/h6,9-12,17-19,22,27H,3-5,7-8,13-16H2,1-2H3,(H,30,37)/t27-/m0/s1. The van der Waals surface area contributed by atoms with Gasteiger partial charge in [-0.25, -0.2) is 4.68 Å². The first kappa shape index (κ1) is 24.6. The Kier molecular flexibility index (Phi) is 6.84. The Bertz CT molecular complexity index is 1470. The van der Waals surface area contributed by atoms with Gasteiger partial charge in [0.2, 0.25) is 0 Å². The molecule has 3 heterocycles. The number of pyridine rings is 1. The number of ether oxygens (including phenoxy) is 1. The summed E-state index contributed by atoms with van der Waals surface area (Å²) in [7, 11) is 1.70. The van der Waals surface area contributed by atoms with E-state index in [1.165, 1.54) is 19.3 Å². The Balaban J connectivity index is 1.37. The van der Waals surface area contributed by atoms with Crippen molar-refractivity contribution in [2.45, 2.75) is 51.1 Å². The molecule has 2 aliphatic rings. The topological polar surface area (TPSA) is 92.2 Å². The summed E-state index contributed by atoms with van der Waals surface area (Å²) in [6.07, 6.45) is 5.77. The highest BCUT2D eigenvalue weighted by Crippen LogP contribution is 2.34. The lowest BCUT2D eigenvalue weighted by molar-refractivity contribution is 0.192. The predicted octanol–water partition coefficient (Wildman–Crippen LogP) is 4.25. The molecule has 1 saturated carbocycles. The number of fused-ring (bicyclic) bond motifs is 1. The number of aromatic amines is 1. The van der Waals surface area contributed by atoms with Crippen molar-refractivity contribution in [2.24, 2.45) is 0 Å². The molecule has 0 radical (unpaired) electrons. The third-order valence-corrected chi connectivity index (χ3v) is 8.10. The van der Waals surface area contributed by atoms with E-state index in [-0.39, 0.29) is 17.6 Å². The lowest BCUT2D eigenvalue weighted by atomic mass is 9.95. The van der Waals surface area contributed by atoms with Gasteiger partial charge in [-0.3, -0.25) is 9.69 Å². The van der Waals surface area contributed by atoms with Crippen LogP contribution in [0.3, 0.4) is 0 Å². The number of benzene rings is 2. The molecule has 0 bridgehead atoms. The summed E-state index contributed by atoms with van der Waals surface area (Å²) in [4.78, 5) is 21.4. The first-order chi connectivity index (χ1) is 18.6. The fraction of sp³-hybridized carbons (Fsp3) is 0.448. The van der Waals surface area contributed by atoms with Crippen LogP contribution in [0.4, 0.5) is 5.69 Å². The summed E-state index contributed by atoms with van der Waals surface area (Å²) < 4.78 is 7.45. The second-order valence-electron chi connectivity index (χ2n) is 10.5. The number of hydrogen-bond acceptors (Lipinski definition) is 7. The van der Waals surface area contributed by atoms with Gasteiger partial charge in [-0.2, -0.15) is 0 Å². The highest BCUT2D eigenvalue weighted by atomic mass is 16.5. The van der Waals surface area contributed by atoms with Gasteiger partial charge in [-0.15, -0.1) is 5.10 Å². The van der Waals surface area contributed by atoms with E-state index in [4.69, 9.17) is 4.74 Å². The zero-order valence-electron chi connectivity index (χ0n) is 22.1. The van der Waals surface area contributed by atoms with E-state index >= 15 is 0 Å². The lowest BCUT2D eigenvalue weighted by Gasteiger charge is -2.40. The van der Waals surface area contributed by atoms with Gasteiger partial charge in [0.25, 0.3) is 5.56 Å². The predicted molar refractivity (Wildman–Crippen MR) is 148 cm³/mol. The third-order valence-electron chi connectivity index (χ3n) is 8.10. The van der Waals surface area contributed by atoms with Crippen LogP contribution in [0.5, 0.6) is 5.75 Å². The molecule has 2 aromatic carbocycles. The monoisotopic (exact) mass is 513 g/mol.